The lowest BCUT2D eigenvalue weighted by Crippen LogP contribution is -3.12. The molecule has 1 fully saturated rings. The van der Waals surface area contributed by atoms with Gasteiger partial charge in [-0.15, -0.1) is 0 Å². The van der Waals surface area contributed by atoms with E-state index in [1.807, 2.05) is 37.3 Å². The van der Waals surface area contributed by atoms with Crippen molar-refractivity contribution in [1.82, 2.24) is 10.2 Å². The minimum atomic E-state index is -0.295. The summed E-state index contributed by atoms with van der Waals surface area (Å²) >= 11 is 0. The van der Waals surface area contributed by atoms with Gasteiger partial charge in [0.2, 0.25) is 0 Å². The van der Waals surface area contributed by atoms with Gasteiger partial charge in [0.05, 0.1) is 39.8 Å². The van der Waals surface area contributed by atoms with E-state index < -0.39 is 0 Å². The quantitative estimate of drug-likeness (QED) is 0.724. The first-order valence-electron chi connectivity index (χ1n) is 9.98. The first kappa shape index (κ1) is 20.6. The average molecular weight is 394 g/mol. The highest BCUT2D eigenvalue weighted by molar-refractivity contribution is 6.05. The molecule has 0 radical (unpaired) electrons. The standard InChI is InChI=1S/C23H27N3O3/c1-3-29-20-11-9-18(10-12-20)17-21(23(28)26-15-13-25(2)14-16-26)24-22(27)19-7-5-4-6-8-19/h4-12,17H,3,13-16H2,1-2H3,(H,24,27)/p+1/b21-17-. The van der Waals surface area contributed by atoms with Crippen LogP contribution < -0.4 is 15.0 Å². The third-order valence-electron chi connectivity index (χ3n) is 4.92. The Balaban J connectivity index is 1.83. The molecule has 0 saturated carbocycles. The Bertz CT molecular complexity index is 855. The van der Waals surface area contributed by atoms with Gasteiger partial charge in [-0.25, -0.2) is 0 Å². The molecular weight excluding hydrogens is 366 g/mol. The van der Waals surface area contributed by atoms with Crippen molar-refractivity contribution in [1.29, 1.82) is 0 Å². The van der Waals surface area contributed by atoms with E-state index in [4.69, 9.17) is 4.74 Å². The third kappa shape index (κ3) is 5.68. The molecule has 3 rings (SSSR count). The predicted molar refractivity (Wildman–Crippen MR) is 113 cm³/mol. The fourth-order valence-corrected chi connectivity index (χ4v) is 3.19. The highest BCUT2D eigenvalue weighted by Crippen LogP contribution is 2.15. The number of quaternary nitrogens is 1. The zero-order valence-corrected chi connectivity index (χ0v) is 17.0. The molecule has 0 atom stereocenters. The van der Waals surface area contributed by atoms with Gasteiger partial charge in [-0.1, -0.05) is 30.3 Å². The summed E-state index contributed by atoms with van der Waals surface area (Å²) in [5.41, 5.74) is 1.62. The third-order valence-corrected chi connectivity index (χ3v) is 4.92. The fraction of sp³-hybridized carbons (Fsp3) is 0.304. The van der Waals surface area contributed by atoms with Gasteiger partial charge >= 0.3 is 0 Å². The topological polar surface area (TPSA) is 63.1 Å². The number of likely N-dealkylation sites (N-methyl/N-ethyl adjacent to an activating group) is 1. The maximum atomic E-state index is 13.2. The maximum absolute atomic E-state index is 13.2. The number of benzene rings is 2. The van der Waals surface area contributed by atoms with E-state index in [1.54, 1.807) is 35.2 Å². The smallest absolute Gasteiger partial charge is 0.270 e. The molecular formula is C23H28N3O3+. The van der Waals surface area contributed by atoms with E-state index in [0.29, 0.717) is 25.3 Å². The molecule has 6 nitrogen and oxygen atoms in total. The van der Waals surface area contributed by atoms with E-state index in [2.05, 4.69) is 12.4 Å². The molecule has 0 spiro atoms. The second kappa shape index (κ2) is 9.89. The van der Waals surface area contributed by atoms with Crippen LogP contribution in [0.3, 0.4) is 0 Å². The lowest BCUT2D eigenvalue weighted by atomic mass is 10.1. The number of hydrogen-bond donors (Lipinski definition) is 2. The number of nitrogens with zero attached hydrogens (tertiary/aromatic N) is 1. The monoisotopic (exact) mass is 394 g/mol. The van der Waals surface area contributed by atoms with Crippen LogP contribution in [0.4, 0.5) is 0 Å². The molecule has 0 bridgehead atoms. The fourth-order valence-electron chi connectivity index (χ4n) is 3.19. The molecule has 2 N–H and O–H groups in total. The van der Waals surface area contributed by atoms with Crippen molar-refractivity contribution in [2.24, 2.45) is 0 Å². The normalized spacial score (nSPS) is 15.1. The first-order chi connectivity index (χ1) is 14.1. The molecule has 2 amide bonds. The Morgan fingerprint density at radius 1 is 1.07 bits per heavy atom. The van der Waals surface area contributed by atoms with Crippen LogP contribution in [-0.4, -0.2) is 56.5 Å². The van der Waals surface area contributed by atoms with Crippen LogP contribution >= 0.6 is 0 Å². The lowest BCUT2D eigenvalue weighted by molar-refractivity contribution is -0.883. The van der Waals surface area contributed by atoms with Gasteiger partial charge in [0.15, 0.2) is 0 Å². The Labute approximate surface area is 171 Å². The molecule has 0 aromatic heterocycles. The number of rotatable bonds is 6. The molecule has 1 heterocycles. The Morgan fingerprint density at radius 2 is 1.72 bits per heavy atom. The molecule has 29 heavy (non-hydrogen) atoms. The molecule has 2 aromatic carbocycles. The summed E-state index contributed by atoms with van der Waals surface area (Å²) in [6.07, 6.45) is 1.73. The van der Waals surface area contributed by atoms with Gasteiger partial charge in [0.25, 0.3) is 11.8 Å². The van der Waals surface area contributed by atoms with E-state index in [1.165, 1.54) is 4.90 Å². The van der Waals surface area contributed by atoms with E-state index in [0.717, 1.165) is 24.4 Å². The summed E-state index contributed by atoms with van der Waals surface area (Å²) in [5, 5.41) is 2.82. The van der Waals surface area contributed by atoms with Gasteiger partial charge in [-0.2, -0.15) is 0 Å². The molecule has 1 aliphatic heterocycles. The van der Waals surface area contributed by atoms with Crippen LogP contribution in [0.5, 0.6) is 5.75 Å². The molecule has 1 aliphatic rings. The van der Waals surface area contributed by atoms with Crippen LogP contribution in [0.15, 0.2) is 60.3 Å². The number of carbonyl (C=O) groups excluding carboxylic acids is 2. The Kier molecular flexibility index (Phi) is 7.03. The number of ether oxygens (including phenoxy) is 1. The highest BCUT2D eigenvalue weighted by Gasteiger charge is 2.25. The van der Waals surface area contributed by atoms with Crippen LogP contribution in [0, 0.1) is 0 Å². The number of nitrogens with one attached hydrogen (secondary N) is 2. The van der Waals surface area contributed by atoms with Crippen molar-refractivity contribution < 1.29 is 19.2 Å². The first-order valence-corrected chi connectivity index (χ1v) is 9.98. The van der Waals surface area contributed by atoms with Gasteiger partial charge in [0, 0.05) is 5.56 Å². The predicted octanol–water partition coefficient (Wildman–Crippen LogP) is 1.21. The van der Waals surface area contributed by atoms with E-state index in [-0.39, 0.29) is 17.5 Å². The number of piperazine rings is 1. The lowest BCUT2D eigenvalue weighted by Gasteiger charge is -2.30. The van der Waals surface area contributed by atoms with Crippen molar-refractivity contribution in [2.75, 3.05) is 39.8 Å². The van der Waals surface area contributed by atoms with Crippen molar-refractivity contribution in [3.05, 3.63) is 71.4 Å². The SMILES string of the molecule is CCOc1ccc(/C=C(\NC(=O)c2ccccc2)C(=O)N2CC[NH+](C)CC2)cc1. The molecule has 0 unspecified atom stereocenters. The Morgan fingerprint density at radius 3 is 2.34 bits per heavy atom. The number of carbonyl (C=O) groups is 2. The molecule has 0 aliphatic carbocycles. The minimum absolute atomic E-state index is 0.157. The summed E-state index contributed by atoms with van der Waals surface area (Å²) in [4.78, 5) is 29.0. The number of amides is 2. The largest absolute Gasteiger partial charge is 0.494 e. The van der Waals surface area contributed by atoms with Crippen LogP contribution in [0.25, 0.3) is 6.08 Å². The zero-order valence-electron chi connectivity index (χ0n) is 17.0. The highest BCUT2D eigenvalue weighted by atomic mass is 16.5. The maximum Gasteiger partial charge on any atom is 0.270 e. The van der Waals surface area contributed by atoms with Crippen molar-refractivity contribution >= 4 is 17.9 Å². The summed E-state index contributed by atoms with van der Waals surface area (Å²) < 4.78 is 5.47. The molecule has 1 saturated heterocycles. The molecule has 6 heteroatoms. The van der Waals surface area contributed by atoms with Crippen molar-refractivity contribution in [3.8, 4) is 5.75 Å². The second-order valence-electron chi connectivity index (χ2n) is 7.13. The zero-order chi connectivity index (χ0) is 20.6. The summed E-state index contributed by atoms with van der Waals surface area (Å²) in [5.74, 6) is 0.319. The van der Waals surface area contributed by atoms with E-state index >= 15 is 0 Å². The summed E-state index contributed by atoms with van der Waals surface area (Å²) in [6.45, 7) is 5.67. The second-order valence-corrected chi connectivity index (χ2v) is 7.13. The average Bonchev–Trinajstić information content (AvgIpc) is 2.75. The minimum Gasteiger partial charge on any atom is -0.494 e. The summed E-state index contributed by atoms with van der Waals surface area (Å²) in [6, 6.07) is 16.4. The summed E-state index contributed by atoms with van der Waals surface area (Å²) in [7, 11) is 2.12. The van der Waals surface area contributed by atoms with Crippen molar-refractivity contribution in [2.45, 2.75) is 6.92 Å². The van der Waals surface area contributed by atoms with E-state index in [9.17, 15) is 9.59 Å². The van der Waals surface area contributed by atoms with Crippen molar-refractivity contribution in [3.63, 3.8) is 0 Å². The van der Waals surface area contributed by atoms with Crippen LogP contribution in [0.2, 0.25) is 0 Å². The van der Waals surface area contributed by atoms with Gasteiger partial charge in [0.1, 0.15) is 11.4 Å². The number of hydrogen-bond acceptors (Lipinski definition) is 3. The van der Waals surface area contributed by atoms with Crippen LogP contribution in [0.1, 0.15) is 22.8 Å². The molecule has 152 valence electrons. The van der Waals surface area contributed by atoms with Gasteiger partial charge < -0.3 is 19.9 Å². The van der Waals surface area contributed by atoms with Gasteiger partial charge in [-0.05, 0) is 42.8 Å². The molecule has 2 aromatic rings. The van der Waals surface area contributed by atoms with Gasteiger partial charge in [-0.3, -0.25) is 9.59 Å². The Hall–Kier alpha value is -3.12. The van der Waals surface area contributed by atoms with Crippen LogP contribution in [-0.2, 0) is 4.79 Å².